The molecule has 2 rings (SSSR count). The van der Waals surface area contributed by atoms with Crippen LogP contribution in [0.15, 0.2) is 18.3 Å². The van der Waals surface area contributed by atoms with Crippen molar-refractivity contribution in [1.82, 2.24) is 20.5 Å². The van der Waals surface area contributed by atoms with E-state index in [1.54, 1.807) is 6.20 Å². The summed E-state index contributed by atoms with van der Waals surface area (Å²) in [5.74, 6) is 0.880. The average Bonchev–Trinajstić information content (AvgIpc) is 2.54. The number of carbonyl (C=O) groups excluding carboxylic acids is 1. The molecule has 0 radical (unpaired) electrons. The van der Waals surface area contributed by atoms with Gasteiger partial charge in [-0.05, 0) is 24.6 Å². The smallest absolute Gasteiger partial charge is 0.315 e. The Balaban J connectivity index is 1.72. The highest BCUT2D eigenvalue weighted by Crippen LogP contribution is 2.09. The quantitative estimate of drug-likeness (QED) is 0.806. The highest BCUT2D eigenvalue weighted by atomic mass is 16.5. The van der Waals surface area contributed by atoms with Crippen LogP contribution >= 0.6 is 0 Å². The lowest BCUT2D eigenvalue weighted by molar-refractivity contribution is 0.0349. The Morgan fingerprint density at radius 2 is 2.17 bits per heavy atom. The Bertz CT molecular complexity index is 503. The fourth-order valence-electron chi connectivity index (χ4n) is 2.49. The lowest BCUT2D eigenvalue weighted by Gasteiger charge is -2.29. The van der Waals surface area contributed by atoms with E-state index in [4.69, 9.17) is 4.74 Å². The molecule has 1 aromatic heterocycles. The Kier molecular flexibility index (Phi) is 6.61. The van der Waals surface area contributed by atoms with Gasteiger partial charge in [0.05, 0.1) is 13.2 Å². The number of nitrogens with zero attached hydrogens (tertiary/aromatic N) is 3. The molecular formula is C16H27N5O2. The molecule has 1 aliphatic heterocycles. The number of ether oxygens (including phenoxy) is 1. The standard InChI is InChI=1S/C16H27N5O2/c1-13(12-21-6-8-23-9-7-21)19-16(22)18-11-14-4-5-17-15(10-14)20(2)3/h4-5,10,13H,6-9,11-12H2,1-3H3,(H2,18,19,22)/t13-/m1/s1. The van der Waals surface area contributed by atoms with Crippen LogP contribution in [-0.4, -0.2) is 68.9 Å². The van der Waals surface area contributed by atoms with E-state index in [1.807, 2.05) is 38.1 Å². The SMILES string of the molecule is C[C@H](CN1CCOCC1)NC(=O)NCc1ccnc(N(C)C)c1. The van der Waals surface area contributed by atoms with Gasteiger partial charge in [0.2, 0.25) is 0 Å². The Labute approximate surface area is 138 Å². The van der Waals surface area contributed by atoms with Crippen LogP contribution in [0.3, 0.4) is 0 Å². The van der Waals surface area contributed by atoms with Crippen LogP contribution < -0.4 is 15.5 Å². The van der Waals surface area contributed by atoms with Crippen LogP contribution in [0.5, 0.6) is 0 Å². The van der Waals surface area contributed by atoms with Gasteiger partial charge < -0.3 is 20.3 Å². The average molecular weight is 321 g/mol. The minimum absolute atomic E-state index is 0.0999. The first-order valence-electron chi connectivity index (χ1n) is 8.01. The van der Waals surface area contributed by atoms with Gasteiger partial charge in [0.15, 0.2) is 0 Å². The van der Waals surface area contributed by atoms with Gasteiger partial charge in [0, 0.05) is 52.5 Å². The number of nitrogens with one attached hydrogen (secondary N) is 2. The fourth-order valence-corrected chi connectivity index (χ4v) is 2.49. The third-order valence-corrected chi connectivity index (χ3v) is 3.73. The fraction of sp³-hybridized carbons (Fsp3) is 0.625. The van der Waals surface area contributed by atoms with Gasteiger partial charge in [-0.25, -0.2) is 9.78 Å². The number of pyridine rings is 1. The summed E-state index contributed by atoms with van der Waals surface area (Å²) in [6.45, 7) is 6.75. The molecule has 0 unspecified atom stereocenters. The van der Waals surface area contributed by atoms with Crippen LogP contribution in [0.2, 0.25) is 0 Å². The largest absolute Gasteiger partial charge is 0.379 e. The summed E-state index contributed by atoms with van der Waals surface area (Å²) >= 11 is 0. The molecule has 0 aliphatic carbocycles. The van der Waals surface area contributed by atoms with E-state index in [0.29, 0.717) is 6.54 Å². The maximum atomic E-state index is 12.0. The summed E-state index contributed by atoms with van der Waals surface area (Å²) in [5.41, 5.74) is 1.03. The van der Waals surface area contributed by atoms with E-state index < -0.39 is 0 Å². The van der Waals surface area contributed by atoms with E-state index in [2.05, 4.69) is 20.5 Å². The van der Waals surface area contributed by atoms with Crippen molar-refractivity contribution in [3.05, 3.63) is 23.9 Å². The molecule has 1 aromatic rings. The predicted molar refractivity (Wildman–Crippen MR) is 90.7 cm³/mol. The minimum Gasteiger partial charge on any atom is -0.379 e. The number of aromatic nitrogens is 1. The Hall–Kier alpha value is -1.86. The second-order valence-corrected chi connectivity index (χ2v) is 6.06. The maximum Gasteiger partial charge on any atom is 0.315 e. The number of amides is 2. The lowest BCUT2D eigenvalue weighted by atomic mass is 10.2. The molecule has 1 saturated heterocycles. The molecule has 23 heavy (non-hydrogen) atoms. The zero-order chi connectivity index (χ0) is 16.7. The third kappa shape index (κ3) is 6.03. The second-order valence-electron chi connectivity index (χ2n) is 6.06. The van der Waals surface area contributed by atoms with Crippen molar-refractivity contribution in [3.63, 3.8) is 0 Å². The second kappa shape index (κ2) is 8.69. The highest BCUT2D eigenvalue weighted by Gasteiger charge is 2.15. The molecule has 2 N–H and O–H groups in total. The number of morpholine rings is 1. The zero-order valence-electron chi connectivity index (χ0n) is 14.2. The normalized spacial score (nSPS) is 16.7. The van der Waals surface area contributed by atoms with Crippen molar-refractivity contribution in [1.29, 1.82) is 0 Å². The number of hydrogen-bond acceptors (Lipinski definition) is 5. The predicted octanol–water partition coefficient (Wildman–Crippen LogP) is 0.668. The molecule has 2 amide bonds. The summed E-state index contributed by atoms with van der Waals surface area (Å²) < 4.78 is 5.33. The van der Waals surface area contributed by atoms with Gasteiger partial charge in [0.25, 0.3) is 0 Å². The van der Waals surface area contributed by atoms with Crippen molar-refractivity contribution in [2.24, 2.45) is 0 Å². The number of anilines is 1. The summed E-state index contributed by atoms with van der Waals surface area (Å²) in [7, 11) is 3.89. The molecule has 0 saturated carbocycles. The topological polar surface area (TPSA) is 69.7 Å². The van der Waals surface area contributed by atoms with Crippen LogP contribution in [-0.2, 0) is 11.3 Å². The number of hydrogen-bond donors (Lipinski definition) is 2. The van der Waals surface area contributed by atoms with E-state index >= 15 is 0 Å². The van der Waals surface area contributed by atoms with Crippen LogP contribution in [0.4, 0.5) is 10.6 Å². The molecule has 1 fully saturated rings. The maximum absolute atomic E-state index is 12.0. The molecule has 0 bridgehead atoms. The molecule has 7 nitrogen and oxygen atoms in total. The van der Waals surface area contributed by atoms with Crippen molar-refractivity contribution in [2.45, 2.75) is 19.5 Å². The van der Waals surface area contributed by atoms with Crippen LogP contribution in [0, 0.1) is 0 Å². The van der Waals surface area contributed by atoms with Crippen molar-refractivity contribution in [3.8, 4) is 0 Å². The minimum atomic E-state index is -0.144. The molecule has 2 heterocycles. The van der Waals surface area contributed by atoms with Gasteiger partial charge in [0.1, 0.15) is 5.82 Å². The number of urea groups is 1. The Morgan fingerprint density at radius 1 is 1.43 bits per heavy atom. The van der Waals surface area contributed by atoms with Gasteiger partial charge in [-0.3, -0.25) is 4.90 Å². The molecule has 1 aliphatic rings. The van der Waals surface area contributed by atoms with Crippen LogP contribution in [0.1, 0.15) is 12.5 Å². The third-order valence-electron chi connectivity index (χ3n) is 3.73. The van der Waals surface area contributed by atoms with E-state index in [9.17, 15) is 4.79 Å². The summed E-state index contributed by atoms with van der Waals surface area (Å²) in [6, 6.07) is 3.83. The summed E-state index contributed by atoms with van der Waals surface area (Å²) in [6.07, 6.45) is 1.76. The number of carbonyl (C=O) groups is 1. The molecule has 1 atom stereocenters. The highest BCUT2D eigenvalue weighted by molar-refractivity contribution is 5.74. The molecule has 7 heteroatoms. The van der Waals surface area contributed by atoms with Crippen molar-refractivity contribution in [2.75, 3.05) is 51.8 Å². The first-order valence-corrected chi connectivity index (χ1v) is 8.01. The first kappa shape index (κ1) is 17.5. The first-order chi connectivity index (χ1) is 11.0. The van der Waals surface area contributed by atoms with Crippen LogP contribution in [0.25, 0.3) is 0 Å². The number of rotatable bonds is 6. The van der Waals surface area contributed by atoms with Gasteiger partial charge in [-0.1, -0.05) is 0 Å². The Morgan fingerprint density at radius 3 is 2.87 bits per heavy atom. The summed E-state index contributed by atoms with van der Waals surface area (Å²) in [5, 5.41) is 5.87. The van der Waals surface area contributed by atoms with Gasteiger partial charge in [-0.2, -0.15) is 0 Å². The molecule has 0 aromatic carbocycles. The van der Waals surface area contributed by atoms with E-state index in [-0.39, 0.29) is 12.1 Å². The molecule has 128 valence electrons. The zero-order valence-corrected chi connectivity index (χ0v) is 14.2. The van der Waals surface area contributed by atoms with E-state index in [1.165, 1.54) is 0 Å². The van der Waals surface area contributed by atoms with E-state index in [0.717, 1.165) is 44.2 Å². The van der Waals surface area contributed by atoms with Gasteiger partial charge in [-0.15, -0.1) is 0 Å². The van der Waals surface area contributed by atoms with Gasteiger partial charge >= 0.3 is 6.03 Å². The molecule has 0 spiro atoms. The van der Waals surface area contributed by atoms with Crippen molar-refractivity contribution < 1.29 is 9.53 Å². The summed E-state index contributed by atoms with van der Waals surface area (Å²) in [4.78, 5) is 20.5. The monoisotopic (exact) mass is 321 g/mol. The lowest BCUT2D eigenvalue weighted by Crippen LogP contribution is -2.48. The van der Waals surface area contributed by atoms with Crippen molar-refractivity contribution >= 4 is 11.8 Å². The molecular weight excluding hydrogens is 294 g/mol.